The van der Waals surface area contributed by atoms with Gasteiger partial charge in [0.05, 0.1) is 12.6 Å². The zero-order valence-electron chi connectivity index (χ0n) is 14.2. The van der Waals surface area contributed by atoms with Gasteiger partial charge in [-0.1, -0.05) is 45.9 Å². The smallest absolute Gasteiger partial charge is 0.239 e. The zero-order valence-corrected chi connectivity index (χ0v) is 14.2. The first-order valence-electron chi connectivity index (χ1n) is 7.70. The summed E-state index contributed by atoms with van der Waals surface area (Å²) in [7, 11) is 0. The summed E-state index contributed by atoms with van der Waals surface area (Å²) in [4.78, 5) is 23.5. The predicted octanol–water partition coefficient (Wildman–Crippen LogP) is 1.32. The fourth-order valence-electron chi connectivity index (χ4n) is 2.08. The minimum Gasteiger partial charge on any atom is -0.354 e. The van der Waals surface area contributed by atoms with Crippen LogP contribution < -0.4 is 16.4 Å². The van der Waals surface area contributed by atoms with Gasteiger partial charge in [0.1, 0.15) is 5.82 Å². The molecule has 5 nitrogen and oxygen atoms in total. The fraction of sp³-hybridized carbons (Fsp3) is 0.529. The number of rotatable bonds is 7. The van der Waals surface area contributed by atoms with Crippen molar-refractivity contribution < 1.29 is 14.0 Å². The first-order chi connectivity index (χ1) is 10.6. The van der Waals surface area contributed by atoms with Gasteiger partial charge in [-0.05, 0) is 17.5 Å². The van der Waals surface area contributed by atoms with Crippen LogP contribution >= 0.6 is 0 Å². The number of hydrogen-bond donors (Lipinski definition) is 3. The highest BCUT2D eigenvalue weighted by Gasteiger charge is 2.24. The molecule has 1 aromatic carbocycles. The fourth-order valence-corrected chi connectivity index (χ4v) is 2.08. The lowest BCUT2D eigenvalue weighted by atomic mass is 9.84. The van der Waals surface area contributed by atoms with Gasteiger partial charge in [-0.25, -0.2) is 4.39 Å². The predicted molar refractivity (Wildman–Crippen MR) is 88.3 cm³/mol. The van der Waals surface area contributed by atoms with Crippen molar-refractivity contribution in [3.63, 3.8) is 0 Å². The number of amides is 2. The standard InChI is InChI=1S/C17H26FN3O2/c1-11(2)15(19)16(23)20-9-14(22)21-10-17(3,4)12-7-5-6-8-13(12)18/h5-8,11,15H,9-10,19H2,1-4H3,(H,20,23)(H,21,22)/t15-/m0/s1. The van der Waals surface area contributed by atoms with E-state index in [2.05, 4.69) is 10.6 Å². The monoisotopic (exact) mass is 323 g/mol. The minimum absolute atomic E-state index is 0.00181. The van der Waals surface area contributed by atoms with Gasteiger partial charge in [-0.3, -0.25) is 9.59 Å². The highest BCUT2D eigenvalue weighted by molar-refractivity contribution is 5.87. The van der Waals surface area contributed by atoms with E-state index < -0.39 is 11.5 Å². The molecule has 0 bridgehead atoms. The van der Waals surface area contributed by atoms with E-state index in [1.807, 2.05) is 27.7 Å². The van der Waals surface area contributed by atoms with Crippen LogP contribution in [0.2, 0.25) is 0 Å². The summed E-state index contributed by atoms with van der Waals surface area (Å²) >= 11 is 0. The number of carbonyl (C=O) groups excluding carboxylic acids is 2. The molecule has 0 aromatic heterocycles. The Labute approximate surface area is 136 Å². The van der Waals surface area contributed by atoms with Crippen molar-refractivity contribution in [1.29, 1.82) is 0 Å². The summed E-state index contributed by atoms with van der Waals surface area (Å²) in [5.41, 5.74) is 5.67. The van der Waals surface area contributed by atoms with E-state index in [9.17, 15) is 14.0 Å². The molecule has 1 aromatic rings. The van der Waals surface area contributed by atoms with Gasteiger partial charge in [-0.2, -0.15) is 0 Å². The molecule has 6 heteroatoms. The van der Waals surface area contributed by atoms with Crippen LogP contribution in [0.1, 0.15) is 33.3 Å². The molecule has 1 atom stereocenters. The van der Waals surface area contributed by atoms with E-state index in [0.29, 0.717) is 5.56 Å². The van der Waals surface area contributed by atoms with Crippen LogP contribution in [-0.4, -0.2) is 30.9 Å². The van der Waals surface area contributed by atoms with Crippen molar-refractivity contribution in [3.05, 3.63) is 35.6 Å². The Morgan fingerprint density at radius 1 is 1.22 bits per heavy atom. The molecule has 1 rings (SSSR count). The van der Waals surface area contributed by atoms with Crippen LogP contribution in [0.25, 0.3) is 0 Å². The third kappa shape index (κ3) is 5.63. The second-order valence-electron chi connectivity index (χ2n) is 6.63. The Morgan fingerprint density at radius 2 is 1.83 bits per heavy atom. The van der Waals surface area contributed by atoms with Gasteiger partial charge < -0.3 is 16.4 Å². The Kier molecular flexibility index (Phi) is 6.69. The van der Waals surface area contributed by atoms with Crippen LogP contribution in [0.3, 0.4) is 0 Å². The lowest BCUT2D eigenvalue weighted by molar-refractivity contribution is -0.127. The summed E-state index contributed by atoms with van der Waals surface area (Å²) in [6.07, 6.45) is 0. The van der Waals surface area contributed by atoms with Crippen molar-refractivity contribution in [2.45, 2.75) is 39.2 Å². The zero-order chi connectivity index (χ0) is 17.6. The number of carbonyl (C=O) groups is 2. The van der Waals surface area contributed by atoms with Crippen LogP contribution in [0.15, 0.2) is 24.3 Å². The molecular weight excluding hydrogens is 297 g/mol. The Balaban J connectivity index is 2.50. The molecule has 0 aliphatic carbocycles. The molecule has 0 radical (unpaired) electrons. The normalized spacial score (nSPS) is 12.8. The largest absolute Gasteiger partial charge is 0.354 e. The lowest BCUT2D eigenvalue weighted by Crippen LogP contribution is -2.48. The first-order valence-corrected chi connectivity index (χ1v) is 7.70. The summed E-state index contributed by atoms with van der Waals surface area (Å²) in [5.74, 6) is -0.997. The van der Waals surface area contributed by atoms with Crippen molar-refractivity contribution in [3.8, 4) is 0 Å². The maximum Gasteiger partial charge on any atom is 0.239 e. The van der Waals surface area contributed by atoms with Crippen LogP contribution in [0, 0.1) is 11.7 Å². The highest BCUT2D eigenvalue weighted by atomic mass is 19.1. The van der Waals surface area contributed by atoms with Gasteiger partial charge >= 0.3 is 0 Å². The topological polar surface area (TPSA) is 84.2 Å². The number of halogens is 1. The van der Waals surface area contributed by atoms with Crippen LogP contribution in [0.4, 0.5) is 4.39 Å². The molecule has 0 fully saturated rings. The van der Waals surface area contributed by atoms with Gasteiger partial charge in [0, 0.05) is 12.0 Å². The molecule has 0 aliphatic heterocycles. The summed E-state index contributed by atoms with van der Waals surface area (Å²) in [6, 6.07) is 5.84. The Hall–Kier alpha value is -1.95. The molecule has 2 amide bonds. The number of nitrogens with one attached hydrogen (secondary N) is 2. The van der Waals surface area contributed by atoms with Crippen molar-refractivity contribution in [2.75, 3.05) is 13.1 Å². The highest BCUT2D eigenvalue weighted by Crippen LogP contribution is 2.24. The minimum atomic E-state index is -0.641. The maximum absolute atomic E-state index is 13.8. The van der Waals surface area contributed by atoms with Crippen molar-refractivity contribution in [1.82, 2.24) is 10.6 Å². The third-order valence-corrected chi connectivity index (χ3v) is 3.77. The average Bonchev–Trinajstić information content (AvgIpc) is 2.50. The van der Waals surface area contributed by atoms with Gasteiger partial charge in [0.25, 0.3) is 0 Å². The molecule has 0 spiro atoms. The molecule has 4 N–H and O–H groups in total. The molecule has 128 valence electrons. The quantitative estimate of drug-likeness (QED) is 0.707. The Morgan fingerprint density at radius 3 is 2.39 bits per heavy atom. The molecule has 23 heavy (non-hydrogen) atoms. The average molecular weight is 323 g/mol. The van der Waals surface area contributed by atoms with E-state index in [1.54, 1.807) is 18.2 Å². The van der Waals surface area contributed by atoms with Crippen LogP contribution in [0.5, 0.6) is 0 Å². The van der Waals surface area contributed by atoms with E-state index in [1.165, 1.54) is 6.07 Å². The molecule has 0 unspecified atom stereocenters. The number of hydrogen-bond acceptors (Lipinski definition) is 3. The molecule has 0 saturated heterocycles. The maximum atomic E-state index is 13.8. The summed E-state index contributed by atoms with van der Waals surface area (Å²) in [5, 5.41) is 5.21. The van der Waals surface area contributed by atoms with E-state index >= 15 is 0 Å². The molecule has 0 aliphatic rings. The Bertz CT molecular complexity index is 559. The van der Waals surface area contributed by atoms with E-state index in [0.717, 1.165) is 0 Å². The molecule has 0 saturated carbocycles. The molecular formula is C17H26FN3O2. The molecule has 0 heterocycles. The number of benzene rings is 1. The van der Waals surface area contributed by atoms with E-state index in [-0.39, 0.29) is 36.6 Å². The van der Waals surface area contributed by atoms with E-state index in [4.69, 9.17) is 5.73 Å². The van der Waals surface area contributed by atoms with Crippen molar-refractivity contribution in [2.24, 2.45) is 11.7 Å². The van der Waals surface area contributed by atoms with Gasteiger partial charge in [0.2, 0.25) is 11.8 Å². The van der Waals surface area contributed by atoms with Crippen LogP contribution in [-0.2, 0) is 15.0 Å². The number of nitrogens with two attached hydrogens (primary N) is 1. The van der Waals surface area contributed by atoms with Gasteiger partial charge in [-0.15, -0.1) is 0 Å². The summed E-state index contributed by atoms with van der Waals surface area (Å²) < 4.78 is 13.8. The first kappa shape index (κ1) is 19.1. The second kappa shape index (κ2) is 8.06. The van der Waals surface area contributed by atoms with Gasteiger partial charge in [0.15, 0.2) is 0 Å². The SMILES string of the molecule is CC(C)[C@H](N)C(=O)NCC(=O)NCC(C)(C)c1ccccc1F. The second-order valence-corrected chi connectivity index (χ2v) is 6.63. The van der Waals surface area contributed by atoms with Crippen molar-refractivity contribution >= 4 is 11.8 Å². The summed E-state index contributed by atoms with van der Waals surface area (Å²) in [6.45, 7) is 7.48. The lowest BCUT2D eigenvalue weighted by Gasteiger charge is -2.26. The third-order valence-electron chi connectivity index (χ3n) is 3.77.